The van der Waals surface area contributed by atoms with Crippen molar-refractivity contribution in [2.24, 2.45) is 0 Å². The van der Waals surface area contributed by atoms with Crippen molar-refractivity contribution in [1.29, 1.82) is 0 Å². The van der Waals surface area contributed by atoms with E-state index < -0.39 is 11.7 Å². The number of benzene rings is 1. The molecular weight excluding hydrogens is 293 g/mol. The van der Waals surface area contributed by atoms with E-state index in [1.54, 1.807) is 11.0 Å². The number of alkyl halides is 3. The minimum Gasteiger partial charge on any atom is -0.376 e. The molecule has 1 aliphatic rings. The molecule has 0 atom stereocenters. The molecular formula is C16H21F3N2O. The first-order valence-electron chi connectivity index (χ1n) is 7.57. The van der Waals surface area contributed by atoms with Crippen LogP contribution in [0.15, 0.2) is 18.2 Å². The molecule has 0 aliphatic carbocycles. The monoisotopic (exact) mass is 314 g/mol. The topological polar surface area (TPSA) is 32.3 Å². The van der Waals surface area contributed by atoms with E-state index in [0.29, 0.717) is 5.69 Å². The number of rotatable bonds is 3. The Kier molecular flexibility index (Phi) is 5.32. The Balaban J connectivity index is 1.97. The molecule has 0 unspecified atom stereocenters. The van der Waals surface area contributed by atoms with E-state index >= 15 is 0 Å². The summed E-state index contributed by atoms with van der Waals surface area (Å²) in [6.45, 7) is 2.93. The van der Waals surface area contributed by atoms with Gasteiger partial charge in [0, 0.05) is 18.8 Å². The van der Waals surface area contributed by atoms with E-state index in [9.17, 15) is 18.0 Å². The van der Waals surface area contributed by atoms with Crippen molar-refractivity contribution in [3.8, 4) is 0 Å². The Morgan fingerprint density at radius 2 is 1.82 bits per heavy atom. The highest BCUT2D eigenvalue weighted by molar-refractivity contribution is 5.81. The molecule has 1 heterocycles. The number of nitrogens with zero attached hydrogens (tertiary/aromatic N) is 1. The van der Waals surface area contributed by atoms with Crippen molar-refractivity contribution in [2.45, 2.75) is 38.8 Å². The van der Waals surface area contributed by atoms with Crippen LogP contribution in [0.3, 0.4) is 0 Å². The van der Waals surface area contributed by atoms with Crippen molar-refractivity contribution < 1.29 is 18.0 Å². The normalized spacial score (nSPS) is 16.3. The van der Waals surface area contributed by atoms with E-state index in [1.165, 1.54) is 13.0 Å². The number of hydrogen-bond donors (Lipinski definition) is 1. The van der Waals surface area contributed by atoms with Gasteiger partial charge >= 0.3 is 6.18 Å². The molecule has 0 aromatic heterocycles. The average Bonchev–Trinajstić information content (AvgIpc) is 2.74. The van der Waals surface area contributed by atoms with Crippen molar-refractivity contribution >= 4 is 11.6 Å². The summed E-state index contributed by atoms with van der Waals surface area (Å²) < 4.78 is 38.6. The maximum Gasteiger partial charge on any atom is 0.416 e. The lowest BCUT2D eigenvalue weighted by molar-refractivity contribution is -0.138. The van der Waals surface area contributed by atoms with Gasteiger partial charge in [0.15, 0.2) is 0 Å². The lowest BCUT2D eigenvalue weighted by Gasteiger charge is -2.21. The molecule has 0 radical (unpaired) electrons. The van der Waals surface area contributed by atoms with E-state index in [-0.39, 0.29) is 18.0 Å². The summed E-state index contributed by atoms with van der Waals surface area (Å²) in [7, 11) is 0. The number of aryl methyl sites for hydroxylation is 1. The second-order valence-corrected chi connectivity index (χ2v) is 5.68. The second-order valence-electron chi connectivity index (χ2n) is 5.68. The van der Waals surface area contributed by atoms with Gasteiger partial charge in [0.25, 0.3) is 0 Å². The number of anilines is 1. The quantitative estimate of drug-likeness (QED) is 0.919. The Morgan fingerprint density at radius 3 is 2.41 bits per heavy atom. The van der Waals surface area contributed by atoms with Crippen LogP contribution in [0.25, 0.3) is 0 Å². The van der Waals surface area contributed by atoms with Gasteiger partial charge in [-0.3, -0.25) is 4.79 Å². The first-order chi connectivity index (χ1) is 10.4. The van der Waals surface area contributed by atoms with E-state index in [1.807, 2.05) is 0 Å². The Bertz CT molecular complexity index is 521. The molecule has 1 N–H and O–H groups in total. The highest BCUT2D eigenvalue weighted by Crippen LogP contribution is 2.33. The summed E-state index contributed by atoms with van der Waals surface area (Å²) in [5, 5.41) is 2.81. The zero-order chi connectivity index (χ0) is 16.2. The van der Waals surface area contributed by atoms with E-state index in [4.69, 9.17) is 0 Å². The SMILES string of the molecule is Cc1ccc(NCC(=O)N2CCCCCC2)cc1C(F)(F)F. The first kappa shape index (κ1) is 16.6. The fraction of sp³-hybridized carbons (Fsp3) is 0.562. The fourth-order valence-electron chi connectivity index (χ4n) is 2.65. The minimum atomic E-state index is -4.38. The highest BCUT2D eigenvalue weighted by Gasteiger charge is 2.32. The van der Waals surface area contributed by atoms with E-state index in [2.05, 4.69) is 5.32 Å². The molecule has 0 spiro atoms. The molecule has 22 heavy (non-hydrogen) atoms. The van der Waals surface area contributed by atoms with Crippen LogP contribution < -0.4 is 5.32 Å². The molecule has 122 valence electrons. The zero-order valence-electron chi connectivity index (χ0n) is 12.7. The van der Waals surface area contributed by atoms with Crippen LogP contribution in [-0.2, 0) is 11.0 Å². The Labute approximate surface area is 128 Å². The fourth-order valence-corrected chi connectivity index (χ4v) is 2.65. The predicted molar refractivity (Wildman–Crippen MR) is 79.7 cm³/mol. The van der Waals surface area contributed by atoms with Gasteiger partial charge in [0.2, 0.25) is 5.91 Å². The molecule has 2 rings (SSSR count). The minimum absolute atomic E-state index is 0.0281. The first-order valence-corrected chi connectivity index (χ1v) is 7.57. The molecule has 0 saturated carbocycles. The van der Waals surface area contributed by atoms with Gasteiger partial charge in [0.05, 0.1) is 12.1 Å². The van der Waals surface area contributed by atoms with Crippen LogP contribution in [0, 0.1) is 6.92 Å². The maximum atomic E-state index is 12.9. The smallest absolute Gasteiger partial charge is 0.376 e. The van der Waals surface area contributed by atoms with Crippen LogP contribution in [0.1, 0.15) is 36.8 Å². The van der Waals surface area contributed by atoms with Gasteiger partial charge in [0.1, 0.15) is 0 Å². The maximum absolute atomic E-state index is 12.9. The summed E-state index contributed by atoms with van der Waals surface area (Å²) in [4.78, 5) is 13.9. The molecule has 1 aromatic rings. The number of hydrogen-bond acceptors (Lipinski definition) is 2. The zero-order valence-corrected chi connectivity index (χ0v) is 12.7. The van der Waals surface area contributed by atoms with Gasteiger partial charge in [-0.15, -0.1) is 0 Å². The third kappa shape index (κ3) is 4.39. The average molecular weight is 314 g/mol. The Morgan fingerprint density at radius 1 is 1.18 bits per heavy atom. The third-order valence-electron chi connectivity index (χ3n) is 3.95. The lowest BCUT2D eigenvalue weighted by Crippen LogP contribution is -2.36. The summed E-state index contributed by atoms with van der Waals surface area (Å²) in [6, 6.07) is 4.05. The van der Waals surface area contributed by atoms with Gasteiger partial charge < -0.3 is 10.2 Å². The van der Waals surface area contributed by atoms with Gasteiger partial charge in [-0.05, 0) is 37.5 Å². The summed E-state index contributed by atoms with van der Waals surface area (Å²) >= 11 is 0. The molecule has 1 amide bonds. The highest BCUT2D eigenvalue weighted by atomic mass is 19.4. The molecule has 6 heteroatoms. The van der Waals surface area contributed by atoms with Crippen molar-refractivity contribution in [2.75, 3.05) is 25.0 Å². The standard InChI is InChI=1S/C16H21F3N2O/c1-12-6-7-13(10-14(12)16(17,18)19)20-11-15(22)21-8-4-2-3-5-9-21/h6-7,10,20H,2-5,8-9,11H2,1H3. The lowest BCUT2D eigenvalue weighted by atomic mass is 10.1. The number of carbonyl (C=O) groups is 1. The summed E-state index contributed by atoms with van der Waals surface area (Å²) in [6.07, 6.45) is -0.131. The van der Waals surface area contributed by atoms with Crippen LogP contribution in [0.4, 0.5) is 18.9 Å². The van der Waals surface area contributed by atoms with Crippen LogP contribution in [0.5, 0.6) is 0 Å². The summed E-state index contributed by atoms with van der Waals surface area (Å²) in [5.74, 6) is -0.0592. The van der Waals surface area contributed by atoms with E-state index in [0.717, 1.165) is 44.8 Å². The van der Waals surface area contributed by atoms with Gasteiger partial charge in [-0.2, -0.15) is 13.2 Å². The molecule has 1 fully saturated rings. The second kappa shape index (κ2) is 7.03. The number of amides is 1. The molecule has 1 saturated heterocycles. The number of halogens is 3. The molecule has 3 nitrogen and oxygen atoms in total. The van der Waals surface area contributed by atoms with Crippen molar-refractivity contribution in [1.82, 2.24) is 4.90 Å². The molecule has 1 aromatic carbocycles. The van der Waals surface area contributed by atoms with Gasteiger partial charge in [-0.25, -0.2) is 0 Å². The van der Waals surface area contributed by atoms with Crippen molar-refractivity contribution in [3.63, 3.8) is 0 Å². The van der Waals surface area contributed by atoms with Crippen LogP contribution in [0.2, 0.25) is 0 Å². The van der Waals surface area contributed by atoms with Crippen LogP contribution >= 0.6 is 0 Å². The number of nitrogens with one attached hydrogen (secondary N) is 1. The van der Waals surface area contributed by atoms with Gasteiger partial charge in [-0.1, -0.05) is 18.9 Å². The predicted octanol–water partition coefficient (Wildman–Crippen LogP) is 3.83. The largest absolute Gasteiger partial charge is 0.416 e. The molecule has 1 aliphatic heterocycles. The summed E-state index contributed by atoms with van der Waals surface area (Å²) in [5.41, 5.74) is -0.169. The van der Waals surface area contributed by atoms with Crippen molar-refractivity contribution in [3.05, 3.63) is 29.3 Å². The Hall–Kier alpha value is -1.72. The number of carbonyl (C=O) groups excluding carboxylic acids is 1. The molecule has 0 bridgehead atoms. The third-order valence-corrected chi connectivity index (χ3v) is 3.95. The van der Waals surface area contributed by atoms with Crippen LogP contribution in [-0.4, -0.2) is 30.4 Å². The number of likely N-dealkylation sites (tertiary alicyclic amines) is 1.